The van der Waals surface area contributed by atoms with Crippen LogP contribution in [0.1, 0.15) is 23.0 Å². The van der Waals surface area contributed by atoms with E-state index in [4.69, 9.17) is 10.00 Å². The molecule has 2 aromatic carbocycles. The first-order valence-electron chi connectivity index (χ1n) is 7.42. The van der Waals surface area contributed by atoms with Gasteiger partial charge in [-0.3, -0.25) is 0 Å². The van der Waals surface area contributed by atoms with Gasteiger partial charge in [0.1, 0.15) is 5.69 Å². The number of hydrogen-bond acceptors (Lipinski definition) is 5. The number of H-pyrrole nitrogens is 1. The fourth-order valence-electron chi connectivity index (χ4n) is 2.43. The third-order valence-corrected chi connectivity index (χ3v) is 3.52. The maximum atomic E-state index is 12.1. The van der Waals surface area contributed by atoms with E-state index in [1.807, 2.05) is 36.4 Å². The first-order chi connectivity index (χ1) is 11.7. The van der Waals surface area contributed by atoms with Crippen LogP contribution in [0.25, 0.3) is 22.4 Å². The molecule has 0 amide bonds. The zero-order valence-electron chi connectivity index (χ0n) is 13.0. The molecule has 0 aliphatic heterocycles. The predicted molar refractivity (Wildman–Crippen MR) is 87.9 cm³/mol. The van der Waals surface area contributed by atoms with E-state index in [0.717, 1.165) is 16.7 Å². The molecule has 0 unspecified atom stereocenters. The lowest BCUT2D eigenvalue weighted by atomic mass is 9.96. The second-order valence-corrected chi connectivity index (χ2v) is 4.98. The van der Waals surface area contributed by atoms with Crippen LogP contribution >= 0.6 is 0 Å². The molecule has 0 radical (unpaired) electrons. The maximum absolute atomic E-state index is 12.1. The summed E-state index contributed by atoms with van der Waals surface area (Å²) in [6.07, 6.45) is 0. The van der Waals surface area contributed by atoms with Crippen molar-refractivity contribution >= 4 is 5.97 Å². The first-order valence-corrected chi connectivity index (χ1v) is 7.42. The highest BCUT2D eigenvalue weighted by Crippen LogP contribution is 2.32. The van der Waals surface area contributed by atoms with Gasteiger partial charge in [-0.05, 0) is 30.2 Å². The van der Waals surface area contributed by atoms with Crippen LogP contribution in [-0.2, 0) is 4.74 Å². The highest BCUT2D eigenvalue weighted by Gasteiger charge is 2.21. The lowest BCUT2D eigenvalue weighted by molar-refractivity contribution is 0.0520. The Hall–Kier alpha value is -3.46. The maximum Gasteiger partial charge on any atom is 0.361 e. The molecule has 0 aliphatic carbocycles. The minimum Gasteiger partial charge on any atom is -0.461 e. The number of carbonyl (C=O) groups excluding carboxylic acids is 1. The SMILES string of the molecule is CCOC(=O)c1n[nH]nc1-c1ccccc1-c1ccc(C#N)cc1. The van der Waals surface area contributed by atoms with Crippen LogP contribution in [0.3, 0.4) is 0 Å². The van der Waals surface area contributed by atoms with Gasteiger partial charge in [0.15, 0.2) is 5.69 Å². The number of nitrogens with zero attached hydrogens (tertiary/aromatic N) is 3. The fourth-order valence-corrected chi connectivity index (χ4v) is 2.43. The average molecular weight is 318 g/mol. The third-order valence-electron chi connectivity index (χ3n) is 3.52. The lowest BCUT2D eigenvalue weighted by Crippen LogP contribution is -2.07. The number of carbonyl (C=O) groups is 1. The normalized spacial score (nSPS) is 10.2. The van der Waals surface area contributed by atoms with Crippen LogP contribution in [0, 0.1) is 11.3 Å². The van der Waals surface area contributed by atoms with Crippen molar-refractivity contribution in [1.82, 2.24) is 15.4 Å². The Kier molecular flexibility index (Phi) is 4.34. The van der Waals surface area contributed by atoms with Crippen LogP contribution in [0.4, 0.5) is 0 Å². The Labute approximate surface area is 138 Å². The highest BCUT2D eigenvalue weighted by atomic mass is 16.5. The zero-order chi connectivity index (χ0) is 16.9. The summed E-state index contributed by atoms with van der Waals surface area (Å²) in [5, 5.41) is 19.5. The fraction of sp³-hybridized carbons (Fsp3) is 0.111. The summed E-state index contributed by atoms with van der Waals surface area (Å²) < 4.78 is 5.03. The summed E-state index contributed by atoms with van der Waals surface area (Å²) in [4.78, 5) is 12.1. The van der Waals surface area contributed by atoms with Crippen LogP contribution in [0.15, 0.2) is 48.5 Å². The summed E-state index contributed by atoms with van der Waals surface area (Å²) in [6.45, 7) is 2.00. The Morgan fingerprint density at radius 3 is 2.50 bits per heavy atom. The van der Waals surface area contributed by atoms with Crippen molar-refractivity contribution < 1.29 is 9.53 Å². The van der Waals surface area contributed by atoms with E-state index in [9.17, 15) is 4.79 Å². The standard InChI is InChI=1S/C18H14N4O2/c1-2-24-18(23)17-16(20-22-21-17)15-6-4-3-5-14(15)13-9-7-12(11-19)8-10-13/h3-10H,2H2,1H3,(H,20,21,22). The number of aromatic nitrogens is 3. The van der Waals surface area contributed by atoms with Gasteiger partial charge in [0.2, 0.25) is 0 Å². The minimum absolute atomic E-state index is 0.151. The molecule has 0 saturated heterocycles. The number of rotatable bonds is 4. The van der Waals surface area contributed by atoms with Crippen molar-refractivity contribution in [3.05, 3.63) is 59.8 Å². The molecule has 6 nitrogen and oxygen atoms in total. The van der Waals surface area contributed by atoms with Gasteiger partial charge in [-0.25, -0.2) is 4.79 Å². The number of ether oxygens (including phenoxy) is 1. The van der Waals surface area contributed by atoms with Gasteiger partial charge in [-0.1, -0.05) is 36.4 Å². The van der Waals surface area contributed by atoms with Gasteiger partial charge in [0, 0.05) is 5.56 Å². The van der Waals surface area contributed by atoms with E-state index in [0.29, 0.717) is 11.3 Å². The molecular formula is C18H14N4O2. The van der Waals surface area contributed by atoms with Crippen molar-refractivity contribution in [2.24, 2.45) is 0 Å². The molecule has 0 fully saturated rings. The first kappa shape index (κ1) is 15.4. The largest absolute Gasteiger partial charge is 0.461 e. The van der Waals surface area contributed by atoms with Crippen molar-refractivity contribution in [2.45, 2.75) is 6.92 Å². The molecule has 1 aromatic heterocycles. The van der Waals surface area contributed by atoms with Crippen LogP contribution in [0.2, 0.25) is 0 Å². The number of esters is 1. The molecule has 0 bridgehead atoms. The summed E-state index contributed by atoms with van der Waals surface area (Å²) in [7, 11) is 0. The number of nitrogens with one attached hydrogen (secondary N) is 1. The Balaban J connectivity index is 2.09. The summed E-state index contributed by atoms with van der Waals surface area (Å²) >= 11 is 0. The van der Waals surface area contributed by atoms with E-state index in [2.05, 4.69) is 21.5 Å². The quantitative estimate of drug-likeness (QED) is 0.746. The molecule has 118 valence electrons. The van der Waals surface area contributed by atoms with Gasteiger partial charge in [0.25, 0.3) is 0 Å². The molecule has 6 heteroatoms. The second-order valence-electron chi connectivity index (χ2n) is 4.98. The molecule has 0 spiro atoms. The van der Waals surface area contributed by atoms with Gasteiger partial charge < -0.3 is 4.74 Å². The van der Waals surface area contributed by atoms with E-state index in [-0.39, 0.29) is 12.3 Å². The van der Waals surface area contributed by atoms with Crippen LogP contribution < -0.4 is 0 Å². The molecule has 0 atom stereocenters. The summed E-state index contributed by atoms with van der Waals surface area (Å²) in [5.74, 6) is -0.518. The molecule has 3 rings (SSSR count). The minimum atomic E-state index is -0.518. The molecule has 1 heterocycles. The van der Waals surface area contributed by atoms with E-state index < -0.39 is 5.97 Å². The van der Waals surface area contributed by atoms with Crippen LogP contribution in [-0.4, -0.2) is 28.0 Å². The molecule has 1 N–H and O–H groups in total. The van der Waals surface area contributed by atoms with E-state index >= 15 is 0 Å². The van der Waals surface area contributed by atoms with Gasteiger partial charge in [-0.15, -0.1) is 5.10 Å². The average Bonchev–Trinajstić information content (AvgIpc) is 3.12. The van der Waals surface area contributed by atoms with Gasteiger partial charge in [-0.2, -0.15) is 15.6 Å². The predicted octanol–water partition coefficient (Wildman–Crippen LogP) is 3.19. The highest BCUT2D eigenvalue weighted by molar-refractivity contribution is 5.96. The molecule has 24 heavy (non-hydrogen) atoms. The molecular weight excluding hydrogens is 304 g/mol. The monoisotopic (exact) mass is 318 g/mol. The Morgan fingerprint density at radius 2 is 1.83 bits per heavy atom. The van der Waals surface area contributed by atoms with Crippen molar-refractivity contribution in [3.63, 3.8) is 0 Å². The second kappa shape index (κ2) is 6.75. The van der Waals surface area contributed by atoms with Gasteiger partial charge >= 0.3 is 5.97 Å². The number of hydrogen-bond donors (Lipinski definition) is 1. The summed E-state index contributed by atoms with van der Waals surface area (Å²) in [6, 6.07) is 16.9. The Morgan fingerprint density at radius 1 is 1.12 bits per heavy atom. The Bertz CT molecular complexity index is 907. The lowest BCUT2D eigenvalue weighted by Gasteiger charge is -2.09. The molecule has 0 saturated carbocycles. The van der Waals surface area contributed by atoms with Crippen molar-refractivity contribution in [2.75, 3.05) is 6.61 Å². The topological polar surface area (TPSA) is 91.7 Å². The van der Waals surface area contributed by atoms with Crippen LogP contribution in [0.5, 0.6) is 0 Å². The summed E-state index contributed by atoms with van der Waals surface area (Å²) in [5.41, 5.74) is 3.75. The van der Waals surface area contributed by atoms with Gasteiger partial charge in [0.05, 0.1) is 18.2 Å². The van der Waals surface area contributed by atoms with E-state index in [1.165, 1.54) is 0 Å². The van der Waals surface area contributed by atoms with E-state index in [1.54, 1.807) is 19.1 Å². The smallest absolute Gasteiger partial charge is 0.361 e. The van der Waals surface area contributed by atoms with Crippen molar-refractivity contribution in [3.8, 4) is 28.5 Å². The number of benzene rings is 2. The van der Waals surface area contributed by atoms with Crippen molar-refractivity contribution in [1.29, 1.82) is 5.26 Å². The molecule has 0 aliphatic rings. The third kappa shape index (κ3) is 2.88. The number of aromatic amines is 1. The zero-order valence-corrected chi connectivity index (χ0v) is 13.0. The molecule has 3 aromatic rings. The number of nitriles is 1.